The second kappa shape index (κ2) is 18.1. The molecule has 9 atom stereocenters. The van der Waals surface area contributed by atoms with Gasteiger partial charge in [0, 0.05) is 19.3 Å². The molecule has 3 aromatic rings. The Labute approximate surface area is 297 Å². The van der Waals surface area contributed by atoms with Crippen molar-refractivity contribution >= 4 is 0 Å². The summed E-state index contributed by atoms with van der Waals surface area (Å²) in [5.74, 6) is 2.75. The molecule has 3 aliphatic heterocycles. The van der Waals surface area contributed by atoms with Gasteiger partial charge in [-0.25, -0.2) is 0 Å². The number of fused-ring (bicyclic) bond motifs is 1. The fourth-order valence-corrected chi connectivity index (χ4v) is 7.14. The highest BCUT2D eigenvalue weighted by molar-refractivity contribution is 5.16. The van der Waals surface area contributed by atoms with Gasteiger partial charge in [0.1, 0.15) is 17.8 Å². The maximum absolute atomic E-state index is 7.18. The van der Waals surface area contributed by atoms with Gasteiger partial charge < -0.3 is 33.2 Å². The highest BCUT2D eigenvalue weighted by Gasteiger charge is 2.56. The van der Waals surface area contributed by atoms with E-state index in [2.05, 4.69) is 61.9 Å². The lowest BCUT2D eigenvalue weighted by Crippen LogP contribution is -2.62. The van der Waals surface area contributed by atoms with Gasteiger partial charge in [-0.2, -0.15) is 0 Å². The van der Waals surface area contributed by atoms with Crippen molar-refractivity contribution < 1.29 is 33.2 Å². The number of benzene rings is 3. The average molecular weight is 679 g/mol. The molecule has 264 valence electrons. The molecule has 3 heterocycles. The Kier molecular flexibility index (Phi) is 13.1. The van der Waals surface area contributed by atoms with Crippen LogP contribution in [0.2, 0.25) is 0 Å². The Bertz CT molecular complexity index is 1520. The molecule has 0 aliphatic carbocycles. The Hall–Kier alpha value is -3.58. The minimum Gasteiger partial charge on any atom is -0.374 e. The third kappa shape index (κ3) is 9.39. The van der Waals surface area contributed by atoms with Crippen LogP contribution in [0, 0.1) is 12.3 Å². The van der Waals surface area contributed by atoms with E-state index in [0.29, 0.717) is 58.7 Å². The van der Waals surface area contributed by atoms with Gasteiger partial charge in [-0.1, -0.05) is 109 Å². The van der Waals surface area contributed by atoms with Crippen molar-refractivity contribution in [1.82, 2.24) is 0 Å². The lowest BCUT2D eigenvalue weighted by Gasteiger charge is -2.50. The van der Waals surface area contributed by atoms with Gasteiger partial charge in [-0.05, 0) is 30.0 Å². The second-order valence-corrected chi connectivity index (χ2v) is 13.5. The minimum absolute atomic E-state index is 0.239. The van der Waals surface area contributed by atoms with Crippen molar-refractivity contribution in [2.75, 3.05) is 13.2 Å². The highest BCUT2D eigenvalue weighted by atomic mass is 16.6. The van der Waals surface area contributed by atoms with E-state index in [0.717, 1.165) is 16.7 Å². The predicted molar refractivity (Wildman–Crippen MR) is 193 cm³/mol. The number of terminal acetylenes is 1. The zero-order valence-electron chi connectivity index (χ0n) is 29.0. The van der Waals surface area contributed by atoms with Gasteiger partial charge in [0.15, 0.2) is 0 Å². The SMILES string of the molecule is C#CC[C@H]1OCC=C[C@@H]1O[C@@H]1C[C@@H](OCc2ccccc2)[C@]2(C)O[C@H](COCc3ccccc3)[C@@H](OCc3ccccc3)C[C@H]2O[C@H]1CC=C. The molecular weight excluding hydrogens is 628 g/mol. The Balaban J connectivity index is 1.29. The Morgan fingerprint density at radius 2 is 1.46 bits per heavy atom. The predicted octanol–water partition coefficient (Wildman–Crippen LogP) is 7.39. The summed E-state index contributed by atoms with van der Waals surface area (Å²) in [7, 11) is 0. The molecule has 6 rings (SSSR count). The van der Waals surface area contributed by atoms with E-state index < -0.39 is 5.60 Å². The van der Waals surface area contributed by atoms with Gasteiger partial charge in [0.05, 0.1) is 69.7 Å². The van der Waals surface area contributed by atoms with Crippen molar-refractivity contribution in [2.45, 2.75) is 107 Å². The van der Waals surface area contributed by atoms with Crippen LogP contribution in [0.5, 0.6) is 0 Å². The van der Waals surface area contributed by atoms with Crippen LogP contribution in [-0.4, -0.2) is 67.6 Å². The van der Waals surface area contributed by atoms with E-state index in [1.54, 1.807) is 0 Å². The van der Waals surface area contributed by atoms with E-state index in [9.17, 15) is 0 Å². The Morgan fingerprint density at radius 1 is 0.820 bits per heavy atom. The summed E-state index contributed by atoms with van der Waals surface area (Å²) >= 11 is 0. The molecule has 0 spiro atoms. The third-order valence-corrected chi connectivity index (χ3v) is 9.89. The van der Waals surface area contributed by atoms with Crippen molar-refractivity contribution in [3.05, 3.63) is 132 Å². The molecule has 2 fully saturated rings. The summed E-state index contributed by atoms with van der Waals surface area (Å²) in [4.78, 5) is 0. The Morgan fingerprint density at radius 3 is 2.10 bits per heavy atom. The van der Waals surface area contributed by atoms with Crippen LogP contribution in [0.3, 0.4) is 0 Å². The van der Waals surface area contributed by atoms with E-state index in [-0.39, 0.29) is 48.8 Å². The first kappa shape index (κ1) is 36.2. The molecule has 3 aromatic carbocycles. The first-order valence-corrected chi connectivity index (χ1v) is 17.8. The summed E-state index contributed by atoms with van der Waals surface area (Å²) in [6.45, 7) is 8.41. The standard InChI is InChI=1S/C43H50O7/c1-4-16-35-37(24-15-25-45-35)48-39-27-41(47-30-34-22-13-8-14-23-34)43(3)42(49-36(39)17-5-2)26-38(46-29-33-20-11-7-12-21-33)40(50-43)31-44-28-32-18-9-6-10-19-32/h1,5-15,18-24,35-42H,2,16-17,25-31H2,3H3/t35-,36+,37+,38+,39-,40-,41-,42-,43+/m1/s1. The molecule has 0 N–H and O–H groups in total. The van der Waals surface area contributed by atoms with Crippen LogP contribution in [0.25, 0.3) is 0 Å². The topological polar surface area (TPSA) is 64.6 Å². The smallest absolute Gasteiger partial charge is 0.118 e. The van der Waals surface area contributed by atoms with Crippen molar-refractivity contribution in [3.63, 3.8) is 0 Å². The number of ether oxygens (including phenoxy) is 7. The van der Waals surface area contributed by atoms with Gasteiger partial charge in [0.2, 0.25) is 0 Å². The van der Waals surface area contributed by atoms with Crippen molar-refractivity contribution in [2.24, 2.45) is 0 Å². The van der Waals surface area contributed by atoms with E-state index in [1.807, 2.05) is 66.7 Å². The maximum Gasteiger partial charge on any atom is 0.118 e. The average Bonchev–Trinajstić information content (AvgIpc) is 3.25. The van der Waals surface area contributed by atoms with Crippen LogP contribution in [0.4, 0.5) is 0 Å². The number of hydrogen-bond donors (Lipinski definition) is 0. The quantitative estimate of drug-likeness (QED) is 0.123. The van der Waals surface area contributed by atoms with Crippen LogP contribution in [-0.2, 0) is 53.0 Å². The largest absolute Gasteiger partial charge is 0.374 e. The molecule has 0 aromatic heterocycles. The molecule has 0 unspecified atom stereocenters. The highest BCUT2D eigenvalue weighted by Crippen LogP contribution is 2.43. The summed E-state index contributed by atoms with van der Waals surface area (Å²) in [5.41, 5.74) is 2.44. The van der Waals surface area contributed by atoms with Crippen molar-refractivity contribution in [3.8, 4) is 12.3 Å². The summed E-state index contributed by atoms with van der Waals surface area (Å²) < 4.78 is 46.9. The van der Waals surface area contributed by atoms with E-state index in [1.165, 1.54) is 0 Å². The van der Waals surface area contributed by atoms with Gasteiger partial charge in [-0.15, -0.1) is 18.9 Å². The van der Waals surface area contributed by atoms with Crippen LogP contribution in [0.1, 0.15) is 49.3 Å². The molecule has 0 bridgehead atoms. The number of hydrogen-bond acceptors (Lipinski definition) is 7. The monoisotopic (exact) mass is 678 g/mol. The fraction of sp³-hybridized carbons (Fsp3) is 0.442. The first-order valence-electron chi connectivity index (χ1n) is 17.8. The van der Waals surface area contributed by atoms with Crippen LogP contribution >= 0.6 is 0 Å². The molecule has 7 heteroatoms. The summed E-state index contributed by atoms with van der Waals surface area (Å²) in [6.07, 6.45) is 11.3. The molecular formula is C43H50O7. The molecule has 2 saturated heterocycles. The fourth-order valence-electron chi connectivity index (χ4n) is 7.14. The molecule has 0 saturated carbocycles. The zero-order chi connectivity index (χ0) is 34.6. The molecule has 50 heavy (non-hydrogen) atoms. The third-order valence-electron chi connectivity index (χ3n) is 9.89. The van der Waals surface area contributed by atoms with Crippen LogP contribution in [0.15, 0.2) is 116 Å². The van der Waals surface area contributed by atoms with E-state index in [4.69, 9.17) is 39.6 Å². The van der Waals surface area contributed by atoms with Crippen molar-refractivity contribution in [1.29, 1.82) is 0 Å². The molecule has 0 amide bonds. The zero-order valence-corrected chi connectivity index (χ0v) is 29.0. The molecule has 0 radical (unpaired) electrons. The molecule has 7 nitrogen and oxygen atoms in total. The number of rotatable bonds is 15. The van der Waals surface area contributed by atoms with Gasteiger partial charge in [0.25, 0.3) is 0 Å². The van der Waals surface area contributed by atoms with Gasteiger partial charge in [-0.3, -0.25) is 0 Å². The molecule has 3 aliphatic rings. The van der Waals surface area contributed by atoms with E-state index >= 15 is 0 Å². The van der Waals surface area contributed by atoms with Gasteiger partial charge >= 0.3 is 0 Å². The maximum atomic E-state index is 7.18. The summed E-state index contributed by atoms with van der Waals surface area (Å²) in [5, 5.41) is 0. The lowest BCUT2D eigenvalue weighted by molar-refractivity contribution is -0.284. The van der Waals surface area contributed by atoms with Crippen LogP contribution < -0.4 is 0 Å². The minimum atomic E-state index is -0.836. The normalized spacial score (nSPS) is 30.9. The first-order chi connectivity index (χ1) is 24.6. The second-order valence-electron chi connectivity index (χ2n) is 13.5. The summed E-state index contributed by atoms with van der Waals surface area (Å²) in [6, 6.07) is 30.6. The lowest BCUT2D eigenvalue weighted by atomic mass is 9.82.